The van der Waals surface area contributed by atoms with Crippen LogP contribution in [0.25, 0.3) is 21.6 Å². The van der Waals surface area contributed by atoms with Gasteiger partial charge in [0, 0.05) is 29.2 Å². The quantitative estimate of drug-likeness (QED) is 0.232. The van der Waals surface area contributed by atoms with Crippen LogP contribution in [0.3, 0.4) is 0 Å². The molecular weight excluding hydrogens is 726 g/mol. The van der Waals surface area contributed by atoms with Gasteiger partial charge in [-0.15, -0.1) is 11.3 Å². The van der Waals surface area contributed by atoms with Crippen molar-refractivity contribution in [1.29, 1.82) is 0 Å². The van der Waals surface area contributed by atoms with Crippen molar-refractivity contribution in [3.63, 3.8) is 0 Å². The van der Waals surface area contributed by atoms with E-state index in [-0.39, 0.29) is 36.0 Å². The number of carbonyl (C=O) groups excluding carboxylic acids is 3. The zero-order valence-electron chi connectivity index (χ0n) is 30.3. The minimum absolute atomic E-state index is 0.0626. The number of nitrogens with one attached hydrogen (secondary N) is 2. The van der Waals surface area contributed by atoms with E-state index in [4.69, 9.17) is 31.0 Å². The summed E-state index contributed by atoms with van der Waals surface area (Å²) in [4.78, 5) is 53.4. The van der Waals surface area contributed by atoms with E-state index in [1.54, 1.807) is 11.0 Å². The average Bonchev–Trinajstić information content (AvgIpc) is 3.99. The van der Waals surface area contributed by atoms with Crippen LogP contribution >= 0.6 is 22.9 Å². The highest BCUT2D eigenvalue weighted by atomic mass is 35.5. The number of benzene rings is 1. The van der Waals surface area contributed by atoms with Crippen LogP contribution in [0.4, 0.5) is 0 Å². The molecule has 7 rings (SSSR count). The second-order valence-corrected chi connectivity index (χ2v) is 18.5. The maximum atomic E-state index is 14.3. The standard InChI is InChI=1S/C37H46ClN5O7S2/c1-7-20-16-37(20,36(46)42-52(47,48)21-8-9-21)41-33(44)27-15-30(26-12-10-22(18(2)3)35(45)43(26)27)50-29-14-24(34-40-25(17-51-34)19(4)5)39-32-23(29)11-13-28(49-6)31(32)38/h11,13-14,17-22,26-27,30H,7-10,12,15-16H2,1-6H3,(H,41,44)(H,42,46)/t20-,22+,26-,27+,30-,37-/m1/s1. The Morgan fingerprint density at radius 1 is 1.12 bits per heavy atom. The number of piperidine rings is 1. The lowest BCUT2D eigenvalue weighted by Crippen LogP contribution is -2.59. The number of halogens is 1. The third-order valence-corrected chi connectivity index (χ3v) is 14.3. The number of aromatic nitrogens is 2. The highest BCUT2D eigenvalue weighted by molar-refractivity contribution is 7.91. The topological polar surface area (TPSA) is 157 Å². The molecule has 3 aromatic rings. The second-order valence-electron chi connectivity index (χ2n) is 15.3. The maximum absolute atomic E-state index is 14.3. The maximum Gasteiger partial charge on any atom is 0.259 e. The summed E-state index contributed by atoms with van der Waals surface area (Å²) in [5, 5.41) is 6.06. The summed E-state index contributed by atoms with van der Waals surface area (Å²) in [5.74, 6) is -0.562. The Labute approximate surface area is 313 Å². The van der Waals surface area contributed by atoms with E-state index in [9.17, 15) is 22.8 Å². The van der Waals surface area contributed by atoms with Crippen LogP contribution in [-0.2, 0) is 24.4 Å². The number of hydrogen-bond donors (Lipinski definition) is 2. The third kappa shape index (κ3) is 6.52. The summed E-state index contributed by atoms with van der Waals surface area (Å²) in [6.45, 7) is 10.1. The first-order valence-corrected chi connectivity index (χ1v) is 21.0. The number of pyridine rings is 1. The van der Waals surface area contributed by atoms with Crippen LogP contribution in [-0.4, -0.2) is 77.1 Å². The minimum atomic E-state index is -3.82. The zero-order chi connectivity index (χ0) is 37.3. The molecule has 15 heteroatoms. The number of carbonyl (C=O) groups is 3. The van der Waals surface area contributed by atoms with Crippen LogP contribution in [0, 0.1) is 17.8 Å². The fraction of sp³-hybridized carbons (Fsp3) is 0.595. The lowest BCUT2D eigenvalue weighted by molar-refractivity contribution is -0.149. The molecule has 52 heavy (non-hydrogen) atoms. The Bertz CT molecular complexity index is 2030. The van der Waals surface area contributed by atoms with Gasteiger partial charge in [-0.3, -0.25) is 19.1 Å². The van der Waals surface area contributed by atoms with E-state index in [0.29, 0.717) is 76.7 Å². The van der Waals surface area contributed by atoms with E-state index in [1.807, 2.05) is 38.3 Å². The van der Waals surface area contributed by atoms with Gasteiger partial charge in [-0.2, -0.15) is 0 Å². The smallest absolute Gasteiger partial charge is 0.259 e. The molecule has 4 fully saturated rings. The Morgan fingerprint density at radius 3 is 2.48 bits per heavy atom. The number of rotatable bonds is 12. The number of hydrogen-bond acceptors (Lipinski definition) is 10. The average molecular weight is 772 g/mol. The summed E-state index contributed by atoms with van der Waals surface area (Å²) in [6, 6.07) is 4.09. The molecular formula is C37H46ClN5O7S2. The number of ether oxygens (including phenoxy) is 2. The van der Waals surface area contributed by atoms with Crippen molar-refractivity contribution in [2.45, 2.75) is 114 Å². The number of nitrogens with zero attached hydrogens (tertiary/aromatic N) is 3. The Hall–Kier alpha value is -3.49. The van der Waals surface area contributed by atoms with Crippen molar-refractivity contribution in [1.82, 2.24) is 24.9 Å². The molecule has 0 unspecified atom stereocenters. The minimum Gasteiger partial charge on any atom is -0.495 e. The number of sulfonamides is 1. The Kier molecular flexibility index (Phi) is 9.73. The fourth-order valence-corrected chi connectivity index (χ4v) is 10.5. The number of fused-ring (bicyclic) bond motifs is 2. The molecule has 3 amide bonds. The van der Waals surface area contributed by atoms with Crippen molar-refractivity contribution >= 4 is 61.6 Å². The van der Waals surface area contributed by atoms with Crippen molar-refractivity contribution in [2.24, 2.45) is 17.8 Å². The molecule has 2 aliphatic carbocycles. The second kappa shape index (κ2) is 13.7. The van der Waals surface area contributed by atoms with Gasteiger partial charge < -0.3 is 19.7 Å². The van der Waals surface area contributed by atoms with E-state index >= 15 is 0 Å². The summed E-state index contributed by atoms with van der Waals surface area (Å²) < 4.78 is 40.1. The van der Waals surface area contributed by atoms with E-state index < -0.39 is 50.8 Å². The monoisotopic (exact) mass is 771 g/mol. The van der Waals surface area contributed by atoms with Gasteiger partial charge in [0.15, 0.2) is 0 Å². The third-order valence-electron chi connectivity index (χ3n) is 11.3. The van der Waals surface area contributed by atoms with Crippen LogP contribution in [0.2, 0.25) is 5.02 Å². The lowest BCUT2D eigenvalue weighted by Gasteiger charge is -2.40. The van der Waals surface area contributed by atoms with Crippen molar-refractivity contribution < 1.29 is 32.3 Å². The van der Waals surface area contributed by atoms with Gasteiger partial charge in [-0.25, -0.2) is 18.4 Å². The van der Waals surface area contributed by atoms with Gasteiger partial charge in [-0.1, -0.05) is 52.6 Å². The van der Waals surface area contributed by atoms with Crippen LogP contribution in [0.5, 0.6) is 11.5 Å². The van der Waals surface area contributed by atoms with Crippen LogP contribution in [0.15, 0.2) is 23.6 Å². The van der Waals surface area contributed by atoms with Gasteiger partial charge in [0.2, 0.25) is 21.8 Å². The molecule has 2 saturated carbocycles. The molecule has 0 radical (unpaired) electrons. The summed E-state index contributed by atoms with van der Waals surface area (Å²) >= 11 is 8.30. The van der Waals surface area contributed by atoms with Crippen molar-refractivity contribution in [3.8, 4) is 22.2 Å². The predicted molar refractivity (Wildman–Crippen MR) is 199 cm³/mol. The highest BCUT2D eigenvalue weighted by Crippen LogP contribution is 2.48. The predicted octanol–water partition coefficient (Wildman–Crippen LogP) is 5.82. The lowest BCUT2D eigenvalue weighted by atomic mass is 9.84. The SMILES string of the molecule is CC[C@@H]1C[C@]1(NC(=O)[C@@H]1C[C@@H](Oc2cc(-c3nc(C(C)C)cs3)nc3c(Cl)c(OC)ccc23)[C@H]2CC[C@@H](C(C)C)C(=O)N21)C(=O)NS(=O)(=O)C1CC1. The molecule has 6 atom stereocenters. The molecule has 2 saturated heterocycles. The van der Waals surface area contributed by atoms with E-state index in [1.165, 1.54) is 18.4 Å². The van der Waals surface area contributed by atoms with E-state index in [0.717, 1.165) is 5.69 Å². The van der Waals surface area contributed by atoms with Crippen molar-refractivity contribution in [3.05, 3.63) is 34.3 Å². The summed E-state index contributed by atoms with van der Waals surface area (Å²) in [6.07, 6.45) is 2.81. The number of amides is 3. The van der Waals surface area contributed by atoms with Crippen molar-refractivity contribution in [2.75, 3.05) is 7.11 Å². The molecule has 2 N–H and O–H groups in total. The molecule has 2 aromatic heterocycles. The normalized spacial score (nSPS) is 27.2. The van der Waals surface area contributed by atoms with Gasteiger partial charge in [-0.05, 0) is 62.0 Å². The largest absolute Gasteiger partial charge is 0.495 e. The number of methoxy groups -OCH3 is 1. The first-order chi connectivity index (χ1) is 24.7. The Morgan fingerprint density at radius 2 is 1.87 bits per heavy atom. The van der Waals surface area contributed by atoms with Crippen LogP contribution in [0.1, 0.15) is 91.2 Å². The first kappa shape index (κ1) is 36.9. The molecule has 280 valence electrons. The van der Waals surface area contributed by atoms with Gasteiger partial charge in [0.25, 0.3) is 5.91 Å². The molecule has 4 aliphatic rings. The first-order valence-electron chi connectivity index (χ1n) is 18.2. The van der Waals surface area contributed by atoms with Gasteiger partial charge >= 0.3 is 0 Å². The number of thiazole rings is 1. The van der Waals surface area contributed by atoms with Crippen LogP contribution < -0.4 is 19.5 Å². The highest BCUT2D eigenvalue weighted by Gasteiger charge is 2.63. The molecule has 0 bridgehead atoms. The van der Waals surface area contributed by atoms with Gasteiger partial charge in [0.05, 0.1) is 29.6 Å². The molecule has 12 nitrogen and oxygen atoms in total. The molecule has 4 heterocycles. The van der Waals surface area contributed by atoms with Gasteiger partial charge in [0.1, 0.15) is 44.9 Å². The summed E-state index contributed by atoms with van der Waals surface area (Å²) in [5.41, 5.74) is 0.644. The Balaban J connectivity index is 1.23. The summed E-state index contributed by atoms with van der Waals surface area (Å²) in [7, 11) is -2.28. The van der Waals surface area contributed by atoms with E-state index in [2.05, 4.69) is 23.9 Å². The zero-order valence-corrected chi connectivity index (χ0v) is 32.7. The molecule has 1 aromatic carbocycles. The molecule has 2 aliphatic heterocycles. The molecule has 0 spiro atoms. The fourth-order valence-electron chi connectivity index (χ4n) is 7.89.